The molecular weight excluding hydrogens is 431 g/mol. The van der Waals surface area contributed by atoms with Crippen LogP contribution in [0.4, 0.5) is 13.2 Å². The van der Waals surface area contributed by atoms with Gasteiger partial charge in [-0.25, -0.2) is 0 Å². The molecule has 0 atom stereocenters. The van der Waals surface area contributed by atoms with Crippen molar-refractivity contribution in [1.29, 1.82) is 0 Å². The van der Waals surface area contributed by atoms with Crippen molar-refractivity contribution in [2.75, 3.05) is 6.54 Å². The van der Waals surface area contributed by atoms with Crippen molar-refractivity contribution < 1.29 is 22.5 Å². The molecule has 5 nitrogen and oxygen atoms in total. The van der Waals surface area contributed by atoms with Gasteiger partial charge in [0.15, 0.2) is 0 Å². The predicted octanol–water partition coefficient (Wildman–Crippen LogP) is 5.00. The molecule has 9 heteroatoms. The van der Waals surface area contributed by atoms with Gasteiger partial charge in [-0.05, 0) is 29.7 Å². The standard InChI is InChI=1S/C22H17ClF3N3O2/c1-2-13-29(19(30)12-7-15-5-10-18(23)11-6-15)14-16-3-8-17(9-4-16)20-27-21(31-28-20)22(24,25)26/h1,3-6,8-11H,7,12-14H2. The fourth-order valence-corrected chi connectivity index (χ4v) is 2.96. The van der Waals surface area contributed by atoms with E-state index in [0.717, 1.165) is 11.1 Å². The number of nitrogens with zero attached hydrogens (tertiary/aromatic N) is 3. The average Bonchev–Trinajstić information content (AvgIpc) is 3.24. The summed E-state index contributed by atoms with van der Waals surface area (Å²) in [5.41, 5.74) is 2.11. The lowest BCUT2D eigenvalue weighted by Crippen LogP contribution is -2.31. The number of terminal acetylenes is 1. The molecule has 1 heterocycles. The smallest absolute Gasteiger partial charge is 0.329 e. The molecule has 3 aromatic rings. The number of rotatable bonds is 7. The highest BCUT2D eigenvalue weighted by Gasteiger charge is 2.38. The molecule has 0 aliphatic heterocycles. The molecule has 0 saturated heterocycles. The van der Waals surface area contributed by atoms with Crippen LogP contribution in [0.15, 0.2) is 53.1 Å². The van der Waals surface area contributed by atoms with Crippen LogP contribution in [-0.2, 0) is 23.9 Å². The van der Waals surface area contributed by atoms with Crippen molar-refractivity contribution in [1.82, 2.24) is 15.0 Å². The number of hydrogen-bond donors (Lipinski definition) is 0. The molecule has 31 heavy (non-hydrogen) atoms. The lowest BCUT2D eigenvalue weighted by atomic mass is 10.1. The number of hydrogen-bond acceptors (Lipinski definition) is 4. The Kier molecular flexibility index (Phi) is 6.98. The first kappa shape index (κ1) is 22.4. The summed E-state index contributed by atoms with van der Waals surface area (Å²) in [5, 5.41) is 3.98. The third-order valence-corrected chi connectivity index (χ3v) is 4.68. The fraction of sp³-hybridized carbons (Fsp3) is 0.227. The van der Waals surface area contributed by atoms with Gasteiger partial charge in [-0.2, -0.15) is 18.2 Å². The Labute approximate surface area is 181 Å². The molecule has 0 saturated carbocycles. The van der Waals surface area contributed by atoms with Gasteiger partial charge < -0.3 is 9.42 Å². The van der Waals surface area contributed by atoms with E-state index in [2.05, 4.69) is 20.6 Å². The van der Waals surface area contributed by atoms with Crippen molar-refractivity contribution in [3.8, 4) is 23.7 Å². The normalized spacial score (nSPS) is 11.2. The zero-order chi connectivity index (χ0) is 22.4. The van der Waals surface area contributed by atoms with Crippen molar-refractivity contribution >= 4 is 17.5 Å². The van der Waals surface area contributed by atoms with Gasteiger partial charge in [-0.15, -0.1) is 6.42 Å². The number of carbonyl (C=O) groups excluding carboxylic acids is 1. The number of amides is 1. The number of benzene rings is 2. The molecule has 160 valence electrons. The van der Waals surface area contributed by atoms with Crippen LogP contribution in [0.3, 0.4) is 0 Å². The molecular formula is C22H17ClF3N3O2. The Morgan fingerprint density at radius 2 is 1.74 bits per heavy atom. The minimum atomic E-state index is -4.70. The van der Waals surface area contributed by atoms with Crippen molar-refractivity contribution in [2.24, 2.45) is 0 Å². The first-order valence-corrected chi connectivity index (χ1v) is 9.60. The summed E-state index contributed by atoms with van der Waals surface area (Å²) in [5.74, 6) is 0.798. The SMILES string of the molecule is C#CCN(Cc1ccc(-c2noc(C(F)(F)F)n2)cc1)C(=O)CCc1ccc(Cl)cc1. The Morgan fingerprint density at radius 1 is 1.10 bits per heavy atom. The maximum Gasteiger partial charge on any atom is 0.471 e. The molecule has 0 fully saturated rings. The summed E-state index contributed by atoms with van der Waals surface area (Å²) in [6, 6.07) is 13.7. The molecule has 0 bridgehead atoms. The van der Waals surface area contributed by atoms with E-state index in [0.29, 0.717) is 17.0 Å². The van der Waals surface area contributed by atoms with Crippen molar-refractivity contribution in [2.45, 2.75) is 25.6 Å². The van der Waals surface area contributed by atoms with Crippen LogP contribution in [0.1, 0.15) is 23.4 Å². The summed E-state index contributed by atoms with van der Waals surface area (Å²) >= 11 is 5.87. The second-order valence-corrected chi connectivity index (χ2v) is 7.13. The Bertz CT molecular complexity index is 1070. The molecule has 2 aromatic carbocycles. The van der Waals surface area contributed by atoms with Crippen LogP contribution >= 0.6 is 11.6 Å². The summed E-state index contributed by atoms with van der Waals surface area (Å²) in [7, 11) is 0. The van der Waals surface area contributed by atoms with Gasteiger partial charge in [0.05, 0.1) is 6.54 Å². The van der Waals surface area contributed by atoms with Crippen LogP contribution in [0.5, 0.6) is 0 Å². The van der Waals surface area contributed by atoms with Gasteiger partial charge in [0.1, 0.15) is 0 Å². The monoisotopic (exact) mass is 447 g/mol. The second-order valence-electron chi connectivity index (χ2n) is 6.70. The van der Waals surface area contributed by atoms with E-state index in [1.54, 1.807) is 41.3 Å². The summed E-state index contributed by atoms with van der Waals surface area (Å²) in [4.78, 5) is 17.5. The number of carbonyl (C=O) groups is 1. The Morgan fingerprint density at radius 3 is 2.32 bits per heavy atom. The van der Waals surface area contributed by atoms with Crippen molar-refractivity contribution in [3.63, 3.8) is 0 Å². The van der Waals surface area contributed by atoms with Crippen LogP contribution in [-0.4, -0.2) is 27.5 Å². The molecule has 0 aliphatic carbocycles. The zero-order valence-corrected chi connectivity index (χ0v) is 17.0. The summed E-state index contributed by atoms with van der Waals surface area (Å²) in [6.45, 7) is 0.408. The summed E-state index contributed by atoms with van der Waals surface area (Å²) < 4.78 is 42.1. The van der Waals surface area contributed by atoms with E-state index < -0.39 is 12.1 Å². The maximum atomic E-state index is 12.6. The van der Waals surface area contributed by atoms with Gasteiger partial charge in [-0.1, -0.05) is 59.1 Å². The quantitative estimate of drug-likeness (QED) is 0.478. The van der Waals surface area contributed by atoms with E-state index in [1.807, 2.05) is 12.1 Å². The Balaban J connectivity index is 1.64. The minimum Gasteiger partial charge on any atom is -0.329 e. The third kappa shape index (κ3) is 6.09. The molecule has 0 radical (unpaired) electrons. The van der Waals surface area contributed by atoms with E-state index in [-0.39, 0.29) is 31.2 Å². The lowest BCUT2D eigenvalue weighted by Gasteiger charge is -2.20. The largest absolute Gasteiger partial charge is 0.471 e. The highest BCUT2D eigenvalue weighted by Crippen LogP contribution is 2.29. The molecule has 0 N–H and O–H groups in total. The summed E-state index contributed by atoms with van der Waals surface area (Å²) in [6.07, 6.45) is 1.54. The van der Waals surface area contributed by atoms with Gasteiger partial charge in [0.2, 0.25) is 11.7 Å². The van der Waals surface area contributed by atoms with Crippen LogP contribution in [0, 0.1) is 12.3 Å². The topological polar surface area (TPSA) is 59.2 Å². The van der Waals surface area contributed by atoms with E-state index in [1.165, 1.54) is 0 Å². The maximum absolute atomic E-state index is 12.6. The van der Waals surface area contributed by atoms with E-state index >= 15 is 0 Å². The van der Waals surface area contributed by atoms with E-state index in [9.17, 15) is 18.0 Å². The molecule has 1 aromatic heterocycles. The number of aryl methyl sites for hydroxylation is 1. The molecule has 0 aliphatic rings. The third-order valence-electron chi connectivity index (χ3n) is 4.43. The highest BCUT2D eigenvalue weighted by atomic mass is 35.5. The lowest BCUT2D eigenvalue weighted by molar-refractivity contribution is -0.159. The zero-order valence-electron chi connectivity index (χ0n) is 16.2. The van der Waals surface area contributed by atoms with Gasteiger partial charge >= 0.3 is 12.1 Å². The van der Waals surface area contributed by atoms with Gasteiger partial charge in [-0.3, -0.25) is 4.79 Å². The molecule has 0 unspecified atom stereocenters. The number of alkyl halides is 3. The fourth-order valence-electron chi connectivity index (χ4n) is 2.84. The van der Waals surface area contributed by atoms with Crippen LogP contribution < -0.4 is 0 Å². The van der Waals surface area contributed by atoms with E-state index in [4.69, 9.17) is 18.0 Å². The molecule has 3 rings (SSSR count). The number of halogens is 4. The first-order valence-electron chi connectivity index (χ1n) is 9.22. The van der Waals surface area contributed by atoms with Crippen LogP contribution in [0.25, 0.3) is 11.4 Å². The van der Waals surface area contributed by atoms with Crippen LogP contribution in [0.2, 0.25) is 5.02 Å². The second kappa shape index (κ2) is 9.67. The number of aromatic nitrogens is 2. The van der Waals surface area contributed by atoms with Gasteiger partial charge in [0.25, 0.3) is 0 Å². The minimum absolute atomic E-state index is 0.107. The first-order chi connectivity index (χ1) is 14.8. The Hall–Kier alpha value is -3.31. The predicted molar refractivity (Wildman–Crippen MR) is 109 cm³/mol. The molecule has 1 amide bonds. The average molecular weight is 448 g/mol. The highest BCUT2D eigenvalue weighted by molar-refractivity contribution is 6.30. The molecule has 0 spiro atoms. The van der Waals surface area contributed by atoms with Crippen molar-refractivity contribution in [3.05, 3.63) is 70.6 Å². The van der Waals surface area contributed by atoms with Gasteiger partial charge in [0, 0.05) is 23.6 Å².